The Bertz CT molecular complexity index is 304. The van der Waals surface area contributed by atoms with Crippen molar-refractivity contribution >= 4 is 33.2 Å². The Morgan fingerprint density at radius 1 is 1.92 bits per heavy atom. The van der Waals surface area contributed by atoms with Gasteiger partial charge in [0.05, 0.1) is 16.0 Å². The molecule has 6 heteroatoms. The van der Waals surface area contributed by atoms with Crippen molar-refractivity contribution in [1.82, 2.24) is 10.3 Å². The molecular weight excluding hydrogens is 259 g/mol. The number of hydrogen-bond acceptors (Lipinski definition) is 3. The minimum atomic E-state index is -0.571. The second-order valence-corrected chi connectivity index (χ2v) is 4.91. The van der Waals surface area contributed by atoms with Gasteiger partial charge in [-0.15, -0.1) is 11.3 Å². The van der Waals surface area contributed by atoms with Gasteiger partial charge in [0.1, 0.15) is 6.67 Å². The van der Waals surface area contributed by atoms with E-state index in [1.54, 1.807) is 13.1 Å². The Morgan fingerprint density at radius 2 is 2.62 bits per heavy atom. The molecule has 1 N–H and O–H groups in total. The number of thiazole rings is 1. The third-order valence-corrected chi connectivity index (χ3v) is 2.76. The topological polar surface area (TPSA) is 42.0 Å². The standard InChI is InChI=1S/C7H8BrFN2OS/c1-4(2-9)11-6(12)7-10-3-5(8)13-7/h3-4H,2H2,1H3,(H,11,12). The Morgan fingerprint density at radius 3 is 3.08 bits per heavy atom. The van der Waals surface area contributed by atoms with Crippen LogP contribution in [0.4, 0.5) is 4.39 Å². The lowest BCUT2D eigenvalue weighted by Crippen LogP contribution is -2.33. The quantitative estimate of drug-likeness (QED) is 0.910. The van der Waals surface area contributed by atoms with E-state index in [1.165, 1.54) is 11.3 Å². The summed E-state index contributed by atoms with van der Waals surface area (Å²) < 4.78 is 12.8. The molecule has 72 valence electrons. The minimum Gasteiger partial charge on any atom is -0.345 e. The molecule has 0 fully saturated rings. The van der Waals surface area contributed by atoms with Crippen LogP contribution in [0, 0.1) is 0 Å². The van der Waals surface area contributed by atoms with E-state index in [-0.39, 0.29) is 5.91 Å². The van der Waals surface area contributed by atoms with Gasteiger partial charge in [0.25, 0.3) is 5.91 Å². The minimum absolute atomic E-state index is 0.333. The fraction of sp³-hybridized carbons (Fsp3) is 0.429. The molecule has 0 bridgehead atoms. The van der Waals surface area contributed by atoms with E-state index in [9.17, 15) is 9.18 Å². The largest absolute Gasteiger partial charge is 0.345 e. The monoisotopic (exact) mass is 266 g/mol. The first-order valence-electron chi connectivity index (χ1n) is 3.61. The van der Waals surface area contributed by atoms with E-state index in [4.69, 9.17) is 0 Å². The number of carbonyl (C=O) groups is 1. The van der Waals surface area contributed by atoms with Crippen molar-refractivity contribution < 1.29 is 9.18 Å². The highest BCUT2D eigenvalue weighted by molar-refractivity contribution is 9.11. The average molecular weight is 267 g/mol. The molecule has 0 saturated heterocycles. The molecule has 0 radical (unpaired) electrons. The van der Waals surface area contributed by atoms with Gasteiger partial charge in [0.2, 0.25) is 0 Å². The summed E-state index contributed by atoms with van der Waals surface area (Å²) in [5.41, 5.74) is 0. The zero-order valence-corrected chi connectivity index (χ0v) is 9.28. The number of nitrogens with one attached hydrogen (secondary N) is 1. The lowest BCUT2D eigenvalue weighted by molar-refractivity contribution is 0.0934. The fourth-order valence-corrected chi connectivity index (χ4v) is 1.79. The molecular formula is C7H8BrFN2OS. The number of amides is 1. The molecule has 1 amide bonds. The predicted octanol–water partition coefficient (Wildman–Crippen LogP) is 1.99. The summed E-state index contributed by atoms with van der Waals surface area (Å²) >= 11 is 4.41. The molecule has 1 heterocycles. The zero-order valence-electron chi connectivity index (χ0n) is 6.88. The van der Waals surface area contributed by atoms with E-state index >= 15 is 0 Å². The highest BCUT2D eigenvalue weighted by atomic mass is 79.9. The highest BCUT2D eigenvalue weighted by Crippen LogP contribution is 2.18. The number of carbonyl (C=O) groups excluding carboxylic acids is 1. The van der Waals surface area contributed by atoms with Crippen molar-refractivity contribution in [2.24, 2.45) is 0 Å². The summed E-state index contributed by atoms with van der Waals surface area (Å²) in [4.78, 5) is 15.1. The van der Waals surface area contributed by atoms with E-state index in [1.807, 2.05) is 0 Å². The summed E-state index contributed by atoms with van der Waals surface area (Å²) in [5, 5.41) is 2.81. The van der Waals surface area contributed by atoms with Crippen molar-refractivity contribution in [1.29, 1.82) is 0 Å². The highest BCUT2D eigenvalue weighted by Gasteiger charge is 2.12. The van der Waals surface area contributed by atoms with Gasteiger partial charge in [-0.2, -0.15) is 0 Å². The number of hydrogen-bond donors (Lipinski definition) is 1. The molecule has 13 heavy (non-hydrogen) atoms. The molecule has 0 spiro atoms. The first-order chi connectivity index (χ1) is 6.13. The average Bonchev–Trinajstić information content (AvgIpc) is 2.51. The van der Waals surface area contributed by atoms with Crippen molar-refractivity contribution in [2.45, 2.75) is 13.0 Å². The van der Waals surface area contributed by atoms with Crippen LogP contribution in [0.15, 0.2) is 9.98 Å². The smallest absolute Gasteiger partial charge is 0.280 e. The molecule has 0 aliphatic carbocycles. The Balaban J connectivity index is 2.58. The Hall–Kier alpha value is -0.490. The van der Waals surface area contributed by atoms with Crippen molar-refractivity contribution in [3.8, 4) is 0 Å². The van der Waals surface area contributed by atoms with Gasteiger partial charge in [-0.3, -0.25) is 4.79 Å². The van der Waals surface area contributed by atoms with Gasteiger partial charge in [0, 0.05) is 0 Å². The number of halogens is 2. The summed E-state index contributed by atoms with van der Waals surface area (Å²) in [5.74, 6) is -0.333. The van der Waals surface area contributed by atoms with E-state index in [2.05, 4.69) is 26.2 Å². The molecule has 1 atom stereocenters. The van der Waals surface area contributed by atoms with Crippen LogP contribution in [0.2, 0.25) is 0 Å². The Kier molecular flexibility index (Phi) is 3.80. The third-order valence-electron chi connectivity index (χ3n) is 1.28. The predicted molar refractivity (Wildman–Crippen MR) is 52.7 cm³/mol. The zero-order chi connectivity index (χ0) is 9.84. The lowest BCUT2D eigenvalue weighted by Gasteiger charge is -2.06. The van der Waals surface area contributed by atoms with E-state index in [0.29, 0.717) is 5.01 Å². The lowest BCUT2D eigenvalue weighted by atomic mass is 10.4. The normalized spacial score (nSPS) is 12.5. The molecule has 0 saturated carbocycles. The van der Waals surface area contributed by atoms with Gasteiger partial charge < -0.3 is 5.32 Å². The van der Waals surface area contributed by atoms with Crippen LogP contribution in [-0.2, 0) is 0 Å². The Labute approximate surface area is 87.5 Å². The maximum absolute atomic E-state index is 12.0. The molecule has 1 aromatic heterocycles. The summed E-state index contributed by atoms with van der Waals surface area (Å²) in [7, 11) is 0. The van der Waals surface area contributed by atoms with Crippen LogP contribution in [0.1, 0.15) is 16.7 Å². The van der Waals surface area contributed by atoms with Crippen LogP contribution in [0.25, 0.3) is 0 Å². The molecule has 1 unspecified atom stereocenters. The second-order valence-electron chi connectivity index (χ2n) is 2.50. The van der Waals surface area contributed by atoms with Crippen molar-refractivity contribution in [2.75, 3.05) is 6.67 Å². The summed E-state index contributed by atoms with van der Waals surface area (Å²) in [6, 6.07) is -0.463. The summed E-state index contributed by atoms with van der Waals surface area (Å²) in [6.07, 6.45) is 1.54. The first-order valence-corrected chi connectivity index (χ1v) is 5.22. The first kappa shape index (κ1) is 10.6. The third kappa shape index (κ3) is 3.04. The maximum atomic E-state index is 12.0. The maximum Gasteiger partial charge on any atom is 0.280 e. The SMILES string of the molecule is CC(CF)NC(=O)c1ncc(Br)s1. The van der Waals surface area contributed by atoms with Gasteiger partial charge >= 0.3 is 0 Å². The number of alkyl halides is 1. The molecule has 1 aromatic rings. The van der Waals surface area contributed by atoms with Gasteiger partial charge in [-0.1, -0.05) is 0 Å². The molecule has 0 aliphatic rings. The molecule has 1 rings (SSSR count). The second kappa shape index (κ2) is 4.66. The van der Waals surface area contributed by atoms with E-state index in [0.717, 1.165) is 3.79 Å². The van der Waals surface area contributed by atoms with Crippen LogP contribution in [0.5, 0.6) is 0 Å². The van der Waals surface area contributed by atoms with E-state index < -0.39 is 12.7 Å². The van der Waals surface area contributed by atoms with Crippen LogP contribution in [0.3, 0.4) is 0 Å². The summed E-state index contributed by atoms with van der Waals surface area (Å²) in [6.45, 7) is 1.03. The van der Waals surface area contributed by atoms with Crippen molar-refractivity contribution in [3.05, 3.63) is 15.0 Å². The van der Waals surface area contributed by atoms with Gasteiger partial charge in [-0.05, 0) is 22.9 Å². The van der Waals surface area contributed by atoms with Gasteiger partial charge in [-0.25, -0.2) is 9.37 Å². The van der Waals surface area contributed by atoms with Crippen LogP contribution < -0.4 is 5.32 Å². The molecule has 0 aromatic carbocycles. The molecule has 0 aliphatic heterocycles. The molecule has 3 nitrogen and oxygen atoms in total. The number of rotatable bonds is 3. The van der Waals surface area contributed by atoms with Crippen LogP contribution >= 0.6 is 27.3 Å². The van der Waals surface area contributed by atoms with Gasteiger partial charge in [0.15, 0.2) is 5.01 Å². The number of nitrogens with zero attached hydrogens (tertiary/aromatic N) is 1. The number of aromatic nitrogens is 1. The van der Waals surface area contributed by atoms with Crippen molar-refractivity contribution in [3.63, 3.8) is 0 Å². The fourth-order valence-electron chi connectivity index (χ4n) is 0.684. The van der Waals surface area contributed by atoms with Crippen LogP contribution in [-0.4, -0.2) is 23.6 Å².